The first-order valence-corrected chi connectivity index (χ1v) is 12.4. The number of hydrogen-bond acceptors (Lipinski definition) is 9. The highest BCUT2D eigenvalue weighted by Gasteiger charge is 2.68. The normalized spacial score (nSPS) is 24.8. The van der Waals surface area contributed by atoms with Gasteiger partial charge < -0.3 is 9.84 Å². The number of carboxylic acids is 1. The Balaban J connectivity index is 1.46. The molecule has 4 atom stereocenters. The highest BCUT2D eigenvalue weighted by atomic mass is 32.1. The Kier molecular flexibility index (Phi) is 6.44. The maximum Gasteiger partial charge on any atom is 0.325 e. The van der Waals surface area contributed by atoms with E-state index in [1.165, 1.54) is 35.6 Å². The molecule has 2 aliphatic heterocycles. The van der Waals surface area contributed by atoms with Crippen LogP contribution in [0.1, 0.15) is 16.6 Å². The summed E-state index contributed by atoms with van der Waals surface area (Å²) in [6, 6.07) is 13.7. The smallest absolute Gasteiger partial charge is 0.325 e. The summed E-state index contributed by atoms with van der Waals surface area (Å²) in [7, 11) is 0. The molecule has 0 spiro atoms. The number of nitro benzene ring substituents is 1. The van der Waals surface area contributed by atoms with E-state index >= 15 is 0 Å². The number of para-hydroxylation sites is 1. The monoisotopic (exact) mass is 522 g/mol. The number of hydrogen-bond donors (Lipinski definition) is 2. The van der Waals surface area contributed by atoms with Gasteiger partial charge in [-0.1, -0.05) is 30.3 Å². The first-order chi connectivity index (χ1) is 17.8. The standard InChI is InChI=1S/C25H22N4O7S/c30-22-18-19(23(31)28(22)11-12-36-17-4-2-1-3-5-17)25(24(32)33,27-20(18)21-26-10-13-37-21)14-15-6-8-16(9-7-15)29(34)35/h1-10,13,18-20,27H,11-12,14H2,(H,32,33). The van der Waals surface area contributed by atoms with Gasteiger partial charge in [-0.05, 0) is 17.7 Å². The van der Waals surface area contributed by atoms with Gasteiger partial charge in [0.25, 0.3) is 5.69 Å². The minimum absolute atomic E-state index is 0.0304. The van der Waals surface area contributed by atoms with Gasteiger partial charge in [-0.2, -0.15) is 0 Å². The number of nitro groups is 1. The molecule has 0 radical (unpaired) electrons. The van der Waals surface area contributed by atoms with Crippen molar-refractivity contribution in [1.29, 1.82) is 0 Å². The van der Waals surface area contributed by atoms with Crippen molar-refractivity contribution in [3.8, 4) is 5.75 Å². The second-order valence-corrected chi connectivity index (χ2v) is 9.79. The van der Waals surface area contributed by atoms with Gasteiger partial charge in [0.15, 0.2) is 0 Å². The number of non-ortho nitro benzene ring substituents is 1. The van der Waals surface area contributed by atoms with Crippen LogP contribution >= 0.6 is 11.3 Å². The van der Waals surface area contributed by atoms with Gasteiger partial charge in [-0.3, -0.25) is 34.7 Å². The number of fused-ring (bicyclic) bond motifs is 1. The van der Waals surface area contributed by atoms with E-state index in [0.29, 0.717) is 16.3 Å². The highest BCUT2D eigenvalue weighted by Crippen LogP contribution is 2.50. The van der Waals surface area contributed by atoms with Crippen molar-refractivity contribution in [3.05, 3.63) is 86.9 Å². The van der Waals surface area contributed by atoms with Gasteiger partial charge in [0.2, 0.25) is 11.8 Å². The molecule has 2 amide bonds. The molecule has 0 aliphatic carbocycles. The Morgan fingerprint density at radius 3 is 2.51 bits per heavy atom. The zero-order chi connectivity index (χ0) is 26.2. The molecule has 3 heterocycles. The van der Waals surface area contributed by atoms with Crippen molar-refractivity contribution in [2.24, 2.45) is 11.8 Å². The topological polar surface area (TPSA) is 152 Å². The van der Waals surface area contributed by atoms with Crippen LogP contribution < -0.4 is 10.1 Å². The first kappa shape index (κ1) is 24.5. The van der Waals surface area contributed by atoms with Crippen LogP contribution in [-0.2, 0) is 20.8 Å². The number of carboxylic acid groups (broad SMARTS) is 1. The molecule has 5 rings (SSSR count). The van der Waals surface area contributed by atoms with Crippen molar-refractivity contribution in [1.82, 2.24) is 15.2 Å². The summed E-state index contributed by atoms with van der Waals surface area (Å²) in [4.78, 5) is 55.9. The first-order valence-electron chi connectivity index (χ1n) is 11.5. The molecular weight excluding hydrogens is 500 g/mol. The Morgan fingerprint density at radius 2 is 1.89 bits per heavy atom. The summed E-state index contributed by atoms with van der Waals surface area (Å²) >= 11 is 1.26. The third kappa shape index (κ3) is 4.34. The third-order valence-electron chi connectivity index (χ3n) is 6.80. The maximum absolute atomic E-state index is 13.6. The van der Waals surface area contributed by atoms with E-state index < -0.39 is 46.1 Å². The van der Waals surface area contributed by atoms with Gasteiger partial charge in [0.05, 0.1) is 29.3 Å². The van der Waals surface area contributed by atoms with Crippen molar-refractivity contribution in [3.63, 3.8) is 0 Å². The fraction of sp³-hybridized carbons (Fsp3) is 0.280. The van der Waals surface area contributed by atoms with Gasteiger partial charge in [-0.15, -0.1) is 11.3 Å². The largest absolute Gasteiger partial charge is 0.492 e. The molecule has 2 aliphatic rings. The number of aliphatic carboxylic acids is 1. The molecule has 1 aromatic heterocycles. The predicted molar refractivity (Wildman–Crippen MR) is 131 cm³/mol. The molecule has 2 aromatic carbocycles. The number of amides is 2. The molecule has 4 unspecified atom stereocenters. The van der Waals surface area contributed by atoms with Crippen LogP contribution in [0.5, 0.6) is 5.75 Å². The Bertz CT molecular complexity index is 1330. The third-order valence-corrected chi connectivity index (χ3v) is 7.66. The molecule has 37 heavy (non-hydrogen) atoms. The molecule has 0 bridgehead atoms. The molecule has 11 nitrogen and oxygen atoms in total. The van der Waals surface area contributed by atoms with E-state index in [0.717, 1.165) is 4.90 Å². The number of likely N-dealkylation sites (tertiary alicyclic amines) is 1. The van der Waals surface area contributed by atoms with Crippen molar-refractivity contribution in [2.45, 2.75) is 18.0 Å². The minimum Gasteiger partial charge on any atom is -0.492 e. The zero-order valence-electron chi connectivity index (χ0n) is 19.4. The van der Waals surface area contributed by atoms with Gasteiger partial charge >= 0.3 is 5.97 Å². The Labute approximate surface area is 214 Å². The summed E-state index contributed by atoms with van der Waals surface area (Å²) in [5.41, 5.74) is -1.48. The van der Waals surface area contributed by atoms with E-state index in [-0.39, 0.29) is 25.3 Å². The molecule has 2 saturated heterocycles. The van der Waals surface area contributed by atoms with E-state index in [1.807, 2.05) is 6.07 Å². The number of nitrogens with one attached hydrogen (secondary N) is 1. The van der Waals surface area contributed by atoms with E-state index in [9.17, 15) is 29.6 Å². The molecule has 0 saturated carbocycles. The van der Waals surface area contributed by atoms with Gasteiger partial charge in [0, 0.05) is 30.1 Å². The summed E-state index contributed by atoms with van der Waals surface area (Å²) in [5.74, 6) is -3.94. The van der Waals surface area contributed by atoms with E-state index in [1.54, 1.807) is 35.8 Å². The Hall–Kier alpha value is -4.16. The predicted octanol–water partition coefficient (Wildman–Crippen LogP) is 2.44. The lowest BCUT2D eigenvalue weighted by atomic mass is 9.76. The number of carbonyl (C=O) groups excluding carboxylic acids is 2. The fourth-order valence-corrected chi connectivity index (χ4v) is 5.88. The highest BCUT2D eigenvalue weighted by molar-refractivity contribution is 7.09. The lowest BCUT2D eigenvalue weighted by molar-refractivity contribution is -0.384. The summed E-state index contributed by atoms with van der Waals surface area (Å²) in [5, 5.41) is 26.8. The van der Waals surface area contributed by atoms with Crippen LogP contribution in [0.3, 0.4) is 0 Å². The molecule has 2 fully saturated rings. The average molecular weight is 523 g/mol. The molecule has 190 valence electrons. The minimum atomic E-state index is -1.82. The average Bonchev–Trinajstić information content (AvgIpc) is 3.59. The number of rotatable bonds is 9. The zero-order valence-corrected chi connectivity index (χ0v) is 20.2. The molecular formula is C25H22N4O7S. The number of thiazole rings is 1. The second kappa shape index (κ2) is 9.71. The number of carbonyl (C=O) groups is 3. The summed E-state index contributed by atoms with van der Waals surface area (Å²) in [6.45, 7) is 0.0239. The van der Waals surface area contributed by atoms with Crippen LogP contribution in [0.25, 0.3) is 0 Å². The van der Waals surface area contributed by atoms with Crippen LogP contribution in [0.2, 0.25) is 0 Å². The number of aromatic nitrogens is 1. The number of nitrogens with zero attached hydrogens (tertiary/aromatic N) is 3. The number of imide groups is 1. The molecule has 3 aromatic rings. The molecule has 12 heteroatoms. The van der Waals surface area contributed by atoms with Crippen molar-refractivity contribution < 1.29 is 29.2 Å². The fourth-order valence-electron chi connectivity index (χ4n) is 5.15. The van der Waals surface area contributed by atoms with Crippen LogP contribution in [0.15, 0.2) is 66.2 Å². The maximum atomic E-state index is 13.6. The second-order valence-electron chi connectivity index (χ2n) is 8.86. The Morgan fingerprint density at radius 1 is 1.16 bits per heavy atom. The van der Waals surface area contributed by atoms with Gasteiger partial charge in [0.1, 0.15) is 22.9 Å². The SMILES string of the molecule is O=C1C2C(c3nccs3)NC(Cc3ccc([N+](=O)[O-])cc3)(C(=O)O)C2C(=O)N1CCOc1ccccc1. The summed E-state index contributed by atoms with van der Waals surface area (Å²) in [6.07, 6.45) is 1.40. The quantitative estimate of drug-likeness (QED) is 0.245. The lowest BCUT2D eigenvalue weighted by Gasteiger charge is -2.31. The van der Waals surface area contributed by atoms with Gasteiger partial charge in [-0.25, -0.2) is 4.98 Å². The number of benzene rings is 2. The molecule has 2 N–H and O–H groups in total. The van der Waals surface area contributed by atoms with Crippen LogP contribution in [-0.4, -0.2) is 56.4 Å². The van der Waals surface area contributed by atoms with Crippen molar-refractivity contribution in [2.75, 3.05) is 13.2 Å². The number of ether oxygens (including phenoxy) is 1. The van der Waals surface area contributed by atoms with E-state index in [2.05, 4.69) is 10.3 Å². The summed E-state index contributed by atoms with van der Waals surface area (Å²) < 4.78 is 5.67. The lowest BCUT2D eigenvalue weighted by Crippen LogP contribution is -2.57. The van der Waals surface area contributed by atoms with Crippen molar-refractivity contribution >= 4 is 34.8 Å². The van der Waals surface area contributed by atoms with E-state index in [4.69, 9.17) is 4.74 Å². The van der Waals surface area contributed by atoms with Crippen LogP contribution in [0.4, 0.5) is 5.69 Å². The van der Waals surface area contributed by atoms with Crippen LogP contribution in [0, 0.1) is 22.0 Å².